The Labute approximate surface area is 230 Å². The Morgan fingerprint density at radius 3 is 2.23 bits per heavy atom. The monoisotopic (exact) mass is 514 g/mol. The predicted octanol–water partition coefficient (Wildman–Crippen LogP) is 8.98. The molecule has 5 nitrogen and oxygen atoms in total. The van der Waals surface area contributed by atoms with E-state index in [4.69, 9.17) is 15.1 Å². The number of nitrogens with zero attached hydrogens (tertiary/aromatic N) is 2. The summed E-state index contributed by atoms with van der Waals surface area (Å²) in [6, 6.07) is 25.3. The van der Waals surface area contributed by atoms with Gasteiger partial charge in [0.25, 0.3) is 0 Å². The summed E-state index contributed by atoms with van der Waals surface area (Å²) in [5, 5.41) is 11.0. The minimum Gasteiger partial charge on any atom is -0.457 e. The van der Waals surface area contributed by atoms with Crippen molar-refractivity contribution in [2.45, 2.75) is 52.4 Å². The maximum Gasteiger partial charge on any atom is 0.141 e. The molecule has 3 heterocycles. The fourth-order valence-corrected chi connectivity index (χ4v) is 6.14. The Bertz CT molecular complexity index is 1650. The van der Waals surface area contributed by atoms with Gasteiger partial charge in [0.1, 0.15) is 17.3 Å². The minimum absolute atomic E-state index is 0.163. The molecule has 4 aromatic rings. The molecule has 2 aliphatic rings. The SMILES string of the molecule is CC(=N)/C=C(/C)Nc1cccc(Oc2ccc3c(c2)N2c4ncccc4C(C)(C)c4cccc(c42)C3(C)C)c1. The van der Waals surface area contributed by atoms with Crippen molar-refractivity contribution in [1.29, 1.82) is 5.41 Å². The second-order valence-corrected chi connectivity index (χ2v) is 11.6. The van der Waals surface area contributed by atoms with Crippen molar-refractivity contribution in [2.75, 3.05) is 10.2 Å². The largest absolute Gasteiger partial charge is 0.457 e. The van der Waals surface area contributed by atoms with Crippen LogP contribution in [0, 0.1) is 5.41 Å². The molecule has 5 heteroatoms. The molecule has 3 aromatic carbocycles. The number of hydrogen-bond acceptors (Lipinski definition) is 5. The summed E-state index contributed by atoms with van der Waals surface area (Å²) in [4.78, 5) is 7.26. The first-order valence-corrected chi connectivity index (χ1v) is 13.4. The molecular weight excluding hydrogens is 480 g/mol. The zero-order valence-electron chi connectivity index (χ0n) is 23.4. The van der Waals surface area contributed by atoms with Gasteiger partial charge in [0.2, 0.25) is 0 Å². The first-order chi connectivity index (χ1) is 18.6. The van der Waals surface area contributed by atoms with E-state index in [1.165, 1.54) is 27.9 Å². The number of aromatic nitrogens is 1. The molecule has 2 aliphatic heterocycles. The molecular formula is C34H34N4O. The number of ether oxygens (including phenoxy) is 1. The van der Waals surface area contributed by atoms with Crippen LogP contribution in [0.1, 0.15) is 63.8 Å². The molecule has 0 saturated heterocycles. The number of anilines is 4. The number of allylic oxidation sites excluding steroid dienone is 2. The third-order valence-electron chi connectivity index (χ3n) is 8.01. The number of benzene rings is 3. The fraction of sp³-hybridized carbons (Fsp3) is 0.235. The van der Waals surface area contributed by atoms with E-state index < -0.39 is 0 Å². The molecule has 6 rings (SSSR count). The molecule has 196 valence electrons. The van der Waals surface area contributed by atoms with Crippen molar-refractivity contribution in [3.8, 4) is 11.5 Å². The summed E-state index contributed by atoms with van der Waals surface area (Å²) in [7, 11) is 0. The van der Waals surface area contributed by atoms with E-state index in [1.807, 2.05) is 43.5 Å². The van der Waals surface area contributed by atoms with Crippen molar-refractivity contribution in [3.63, 3.8) is 0 Å². The van der Waals surface area contributed by atoms with Crippen LogP contribution >= 0.6 is 0 Å². The third kappa shape index (κ3) is 4.00. The summed E-state index contributed by atoms with van der Waals surface area (Å²) in [5.74, 6) is 2.49. The van der Waals surface area contributed by atoms with E-state index in [1.54, 1.807) is 13.0 Å². The molecule has 0 bridgehead atoms. The van der Waals surface area contributed by atoms with Crippen LogP contribution in [0.15, 0.2) is 90.8 Å². The topological polar surface area (TPSA) is 61.2 Å². The second kappa shape index (κ2) is 8.84. The van der Waals surface area contributed by atoms with Crippen molar-refractivity contribution in [2.24, 2.45) is 0 Å². The summed E-state index contributed by atoms with van der Waals surface area (Å²) in [6.07, 6.45) is 3.69. The molecule has 2 N–H and O–H groups in total. The summed E-state index contributed by atoms with van der Waals surface area (Å²) in [6.45, 7) is 12.9. The molecule has 39 heavy (non-hydrogen) atoms. The standard InChI is InChI=1S/C34H34N4O/c1-21(35)18-22(2)37-23-10-7-11-24(19-23)39-25-15-16-26-30(20-25)38-31-27(33(26,3)4)12-8-13-28(31)34(5,6)29-14-9-17-36-32(29)38/h7-20,35,37H,1-6H3/b22-18-,35-21?. The van der Waals surface area contributed by atoms with Crippen molar-refractivity contribution in [1.82, 2.24) is 4.98 Å². The van der Waals surface area contributed by atoms with E-state index in [-0.39, 0.29) is 10.8 Å². The smallest absolute Gasteiger partial charge is 0.141 e. The Balaban J connectivity index is 1.45. The average Bonchev–Trinajstić information content (AvgIpc) is 2.88. The maximum absolute atomic E-state index is 7.70. The minimum atomic E-state index is -0.182. The number of para-hydroxylation sites is 1. The van der Waals surface area contributed by atoms with Crippen LogP contribution in [0.2, 0.25) is 0 Å². The van der Waals surface area contributed by atoms with Crippen molar-refractivity contribution >= 4 is 28.6 Å². The molecule has 0 spiro atoms. The Kier molecular flexibility index (Phi) is 5.65. The number of hydrogen-bond donors (Lipinski definition) is 2. The van der Waals surface area contributed by atoms with Crippen molar-refractivity contribution in [3.05, 3.63) is 113 Å². The zero-order chi connectivity index (χ0) is 27.5. The van der Waals surface area contributed by atoms with Crippen LogP contribution in [0.5, 0.6) is 11.5 Å². The Morgan fingerprint density at radius 2 is 1.49 bits per heavy atom. The fourth-order valence-electron chi connectivity index (χ4n) is 6.14. The highest BCUT2D eigenvalue weighted by atomic mass is 16.5. The van der Waals surface area contributed by atoms with Crippen molar-refractivity contribution < 1.29 is 4.74 Å². The zero-order valence-corrected chi connectivity index (χ0v) is 23.4. The highest BCUT2D eigenvalue weighted by Crippen LogP contribution is 2.59. The van der Waals surface area contributed by atoms with Gasteiger partial charge in [-0.2, -0.15) is 0 Å². The molecule has 0 atom stereocenters. The van der Waals surface area contributed by atoms with Gasteiger partial charge in [0, 0.05) is 51.8 Å². The Hall–Kier alpha value is -4.38. The lowest BCUT2D eigenvalue weighted by atomic mass is 9.67. The van der Waals surface area contributed by atoms with Gasteiger partial charge in [0.05, 0.1) is 11.4 Å². The summed E-state index contributed by atoms with van der Waals surface area (Å²) in [5.41, 5.74) is 9.40. The molecule has 0 unspecified atom stereocenters. The lowest BCUT2D eigenvalue weighted by Crippen LogP contribution is -2.38. The number of pyridine rings is 1. The van der Waals surface area contributed by atoms with E-state index in [9.17, 15) is 0 Å². The van der Waals surface area contributed by atoms with E-state index in [2.05, 4.69) is 80.4 Å². The summed E-state index contributed by atoms with van der Waals surface area (Å²) >= 11 is 0. The number of rotatable bonds is 5. The maximum atomic E-state index is 7.70. The molecule has 1 aromatic heterocycles. The lowest BCUT2D eigenvalue weighted by molar-refractivity contribution is 0.482. The second-order valence-electron chi connectivity index (χ2n) is 11.6. The van der Waals surface area contributed by atoms with Gasteiger partial charge in [0.15, 0.2) is 0 Å². The highest BCUT2D eigenvalue weighted by molar-refractivity contribution is 5.92. The normalized spacial score (nSPS) is 16.1. The van der Waals surface area contributed by atoms with Gasteiger partial charge in [-0.1, -0.05) is 64.1 Å². The van der Waals surface area contributed by atoms with Gasteiger partial charge in [-0.05, 0) is 60.9 Å². The van der Waals surface area contributed by atoms with Gasteiger partial charge in [-0.15, -0.1) is 0 Å². The van der Waals surface area contributed by atoms with E-state index in [0.29, 0.717) is 5.71 Å². The predicted molar refractivity (Wildman–Crippen MR) is 160 cm³/mol. The highest BCUT2D eigenvalue weighted by Gasteiger charge is 2.45. The van der Waals surface area contributed by atoms with Gasteiger partial charge in [-0.3, -0.25) is 4.90 Å². The third-order valence-corrected chi connectivity index (χ3v) is 8.01. The molecule has 0 amide bonds. The number of fused-ring (bicyclic) bond motifs is 4. The summed E-state index contributed by atoms with van der Waals surface area (Å²) < 4.78 is 6.43. The molecule has 0 fully saturated rings. The Morgan fingerprint density at radius 1 is 0.821 bits per heavy atom. The van der Waals surface area contributed by atoms with E-state index in [0.717, 1.165) is 34.4 Å². The quantitative estimate of drug-likeness (QED) is 0.261. The van der Waals surface area contributed by atoms with Gasteiger partial charge >= 0.3 is 0 Å². The van der Waals surface area contributed by atoms with E-state index >= 15 is 0 Å². The van der Waals surface area contributed by atoms with Gasteiger partial charge in [-0.25, -0.2) is 4.98 Å². The first kappa shape index (κ1) is 24.9. The molecule has 0 aliphatic carbocycles. The van der Waals surface area contributed by atoms with Crippen LogP contribution in [0.3, 0.4) is 0 Å². The van der Waals surface area contributed by atoms with Crippen LogP contribution in [0.4, 0.5) is 22.9 Å². The average molecular weight is 515 g/mol. The van der Waals surface area contributed by atoms with Crippen LogP contribution in [-0.2, 0) is 10.8 Å². The lowest BCUT2D eigenvalue weighted by Gasteiger charge is -2.48. The molecule has 0 radical (unpaired) electrons. The molecule has 0 saturated carbocycles. The van der Waals surface area contributed by atoms with Crippen LogP contribution in [0.25, 0.3) is 0 Å². The van der Waals surface area contributed by atoms with Crippen LogP contribution in [-0.4, -0.2) is 10.7 Å². The van der Waals surface area contributed by atoms with Gasteiger partial charge < -0.3 is 15.5 Å². The first-order valence-electron chi connectivity index (χ1n) is 13.4. The number of nitrogens with one attached hydrogen (secondary N) is 2. The van der Waals surface area contributed by atoms with Crippen LogP contribution < -0.4 is 15.0 Å².